The molecule has 0 amide bonds. The maximum absolute atomic E-state index is 5.24. The van der Waals surface area contributed by atoms with E-state index in [9.17, 15) is 0 Å². The van der Waals surface area contributed by atoms with Gasteiger partial charge in [-0.15, -0.1) is 0 Å². The summed E-state index contributed by atoms with van der Waals surface area (Å²) in [6, 6.07) is 0.502. The van der Waals surface area contributed by atoms with Crippen LogP contribution < -0.4 is 5.32 Å². The van der Waals surface area contributed by atoms with Gasteiger partial charge in [-0.3, -0.25) is 0 Å². The van der Waals surface area contributed by atoms with Crippen molar-refractivity contribution < 1.29 is 4.74 Å². The zero-order valence-corrected chi connectivity index (χ0v) is 10.3. The van der Waals surface area contributed by atoms with Crippen molar-refractivity contribution in [3.63, 3.8) is 0 Å². The topological polar surface area (TPSA) is 21.3 Å². The minimum atomic E-state index is 0.363. The fourth-order valence-corrected chi connectivity index (χ4v) is 1.44. The van der Waals surface area contributed by atoms with Crippen LogP contribution in [0, 0.1) is 0 Å². The average Bonchev–Trinajstić information content (AvgIpc) is 2.13. The van der Waals surface area contributed by atoms with E-state index < -0.39 is 0 Å². The highest BCUT2D eigenvalue weighted by Crippen LogP contribution is 2.07. The Morgan fingerprint density at radius 1 is 1.36 bits per heavy atom. The number of likely N-dealkylation sites (N-methyl/N-ethyl adjacent to an activating group) is 1. The Morgan fingerprint density at radius 2 is 2.00 bits per heavy atom. The van der Waals surface area contributed by atoms with Gasteiger partial charge in [0, 0.05) is 13.2 Å². The van der Waals surface area contributed by atoms with Crippen LogP contribution >= 0.6 is 0 Å². The quantitative estimate of drug-likeness (QED) is 0.637. The summed E-state index contributed by atoms with van der Waals surface area (Å²) >= 11 is 0. The van der Waals surface area contributed by atoms with Crippen molar-refractivity contribution in [3.8, 4) is 0 Å². The second-order valence-corrected chi connectivity index (χ2v) is 4.03. The summed E-state index contributed by atoms with van der Waals surface area (Å²) in [6.07, 6.45) is 4.92. The van der Waals surface area contributed by atoms with Crippen molar-refractivity contribution in [2.24, 2.45) is 0 Å². The van der Waals surface area contributed by atoms with Crippen LogP contribution in [0.4, 0.5) is 0 Å². The highest BCUT2D eigenvalue weighted by Gasteiger charge is 2.06. The first-order valence-corrected chi connectivity index (χ1v) is 5.51. The van der Waals surface area contributed by atoms with Crippen molar-refractivity contribution in [2.75, 3.05) is 13.7 Å². The molecule has 0 saturated heterocycles. The van der Waals surface area contributed by atoms with E-state index in [4.69, 9.17) is 4.74 Å². The molecule has 0 aromatic carbocycles. The molecule has 0 saturated carbocycles. The molecule has 2 unspecified atom stereocenters. The third-order valence-corrected chi connectivity index (χ3v) is 2.29. The molecule has 2 nitrogen and oxygen atoms in total. The van der Waals surface area contributed by atoms with Crippen LogP contribution in [-0.2, 0) is 4.74 Å². The second kappa shape index (κ2) is 8.01. The molecule has 14 heavy (non-hydrogen) atoms. The number of hydrogen-bond donors (Lipinski definition) is 1. The second-order valence-electron chi connectivity index (χ2n) is 4.03. The minimum Gasteiger partial charge on any atom is -0.382 e. The van der Waals surface area contributed by atoms with Gasteiger partial charge in [-0.25, -0.2) is 0 Å². The van der Waals surface area contributed by atoms with Crippen LogP contribution in [0.3, 0.4) is 0 Å². The first-order chi connectivity index (χ1) is 6.60. The van der Waals surface area contributed by atoms with Gasteiger partial charge in [0.25, 0.3) is 0 Å². The summed E-state index contributed by atoms with van der Waals surface area (Å²) in [7, 11) is 1.77. The molecule has 0 aromatic rings. The monoisotopic (exact) mass is 199 g/mol. The standard InChI is InChI=1S/C12H25NO/c1-6-13-12(9-10(2)3)8-7-11(4)14-5/h9,11-13H,6-8H2,1-5H3. The lowest BCUT2D eigenvalue weighted by Gasteiger charge is -2.16. The molecule has 0 aliphatic heterocycles. The number of nitrogens with one attached hydrogen (secondary N) is 1. The van der Waals surface area contributed by atoms with Crippen LogP contribution in [0.5, 0.6) is 0 Å². The number of methoxy groups -OCH3 is 1. The molecule has 0 aliphatic carbocycles. The number of ether oxygens (including phenoxy) is 1. The number of allylic oxidation sites excluding steroid dienone is 1. The van der Waals surface area contributed by atoms with Gasteiger partial charge in [-0.2, -0.15) is 0 Å². The van der Waals surface area contributed by atoms with Crippen molar-refractivity contribution in [1.82, 2.24) is 5.32 Å². The molecular formula is C12H25NO. The molecule has 0 aliphatic rings. The Labute approximate surface area is 88.7 Å². The average molecular weight is 199 g/mol. The van der Waals surface area contributed by atoms with Gasteiger partial charge < -0.3 is 10.1 Å². The summed E-state index contributed by atoms with van der Waals surface area (Å²) in [5, 5.41) is 3.46. The molecule has 0 bridgehead atoms. The first-order valence-electron chi connectivity index (χ1n) is 5.51. The zero-order chi connectivity index (χ0) is 11.0. The number of rotatable bonds is 7. The Balaban J connectivity index is 3.90. The molecular weight excluding hydrogens is 174 g/mol. The molecule has 0 radical (unpaired) electrons. The van der Waals surface area contributed by atoms with Crippen molar-refractivity contribution in [2.45, 2.75) is 52.7 Å². The molecule has 2 heteroatoms. The van der Waals surface area contributed by atoms with Crippen molar-refractivity contribution in [1.29, 1.82) is 0 Å². The molecule has 0 heterocycles. The van der Waals surface area contributed by atoms with Crippen molar-refractivity contribution in [3.05, 3.63) is 11.6 Å². The maximum Gasteiger partial charge on any atom is 0.0543 e. The highest BCUT2D eigenvalue weighted by molar-refractivity contribution is 5.00. The normalized spacial score (nSPS) is 14.9. The van der Waals surface area contributed by atoms with E-state index in [0.29, 0.717) is 12.1 Å². The Morgan fingerprint density at radius 3 is 2.43 bits per heavy atom. The number of hydrogen-bond acceptors (Lipinski definition) is 2. The summed E-state index contributed by atoms with van der Waals surface area (Å²) < 4.78 is 5.24. The third kappa shape index (κ3) is 7.10. The van der Waals surface area contributed by atoms with Gasteiger partial charge in [0.05, 0.1) is 6.10 Å². The summed E-state index contributed by atoms with van der Waals surface area (Å²) in [5.74, 6) is 0. The lowest BCUT2D eigenvalue weighted by Crippen LogP contribution is -2.28. The van der Waals surface area contributed by atoms with E-state index in [1.165, 1.54) is 5.57 Å². The van der Waals surface area contributed by atoms with Crippen LogP contribution in [0.25, 0.3) is 0 Å². The van der Waals surface area contributed by atoms with Gasteiger partial charge in [-0.1, -0.05) is 18.6 Å². The van der Waals surface area contributed by atoms with E-state index in [2.05, 4.69) is 39.1 Å². The van der Waals surface area contributed by atoms with Crippen LogP contribution in [0.1, 0.15) is 40.5 Å². The van der Waals surface area contributed by atoms with Gasteiger partial charge in [0.15, 0.2) is 0 Å². The fourth-order valence-electron chi connectivity index (χ4n) is 1.44. The van der Waals surface area contributed by atoms with E-state index in [0.717, 1.165) is 19.4 Å². The lowest BCUT2D eigenvalue weighted by molar-refractivity contribution is 0.107. The molecule has 2 atom stereocenters. The molecule has 0 fully saturated rings. The largest absolute Gasteiger partial charge is 0.382 e. The minimum absolute atomic E-state index is 0.363. The first kappa shape index (κ1) is 13.7. The van der Waals surface area contributed by atoms with Gasteiger partial charge >= 0.3 is 0 Å². The Kier molecular flexibility index (Phi) is 7.81. The maximum atomic E-state index is 5.24. The summed E-state index contributed by atoms with van der Waals surface area (Å²) in [6.45, 7) is 9.57. The molecule has 0 spiro atoms. The predicted octanol–water partition coefficient (Wildman–Crippen LogP) is 2.75. The summed E-state index contributed by atoms with van der Waals surface area (Å²) in [4.78, 5) is 0. The molecule has 84 valence electrons. The summed E-state index contributed by atoms with van der Waals surface area (Å²) in [5.41, 5.74) is 1.38. The Bertz CT molecular complexity index is 162. The zero-order valence-electron chi connectivity index (χ0n) is 10.3. The van der Waals surface area contributed by atoms with E-state index in [1.54, 1.807) is 7.11 Å². The van der Waals surface area contributed by atoms with Gasteiger partial charge in [-0.05, 0) is 40.2 Å². The predicted molar refractivity (Wildman–Crippen MR) is 62.6 cm³/mol. The molecule has 0 rings (SSSR count). The van der Waals surface area contributed by atoms with Crippen LogP contribution in [0.2, 0.25) is 0 Å². The van der Waals surface area contributed by atoms with Crippen LogP contribution in [-0.4, -0.2) is 25.8 Å². The third-order valence-electron chi connectivity index (χ3n) is 2.29. The van der Waals surface area contributed by atoms with E-state index in [1.807, 2.05) is 0 Å². The smallest absolute Gasteiger partial charge is 0.0543 e. The van der Waals surface area contributed by atoms with Gasteiger partial charge in [0.1, 0.15) is 0 Å². The fraction of sp³-hybridized carbons (Fsp3) is 0.833. The SMILES string of the molecule is CCNC(C=C(C)C)CCC(C)OC. The molecule has 1 N–H and O–H groups in total. The van der Waals surface area contributed by atoms with Crippen molar-refractivity contribution >= 4 is 0 Å². The van der Waals surface area contributed by atoms with E-state index >= 15 is 0 Å². The van der Waals surface area contributed by atoms with E-state index in [-0.39, 0.29) is 0 Å². The highest BCUT2D eigenvalue weighted by atomic mass is 16.5. The Hall–Kier alpha value is -0.340. The van der Waals surface area contributed by atoms with Gasteiger partial charge in [0.2, 0.25) is 0 Å². The lowest BCUT2D eigenvalue weighted by atomic mass is 10.1. The van der Waals surface area contributed by atoms with Crippen LogP contribution in [0.15, 0.2) is 11.6 Å². The molecule has 0 aromatic heterocycles.